The quantitative estimate of drug-likeness (QED) is 0.621. The van der Waals surface area contributed by atoms with E-state index >= 15 is 0 Å². The van der Waals surface area contributed by atoms with E-state index in [1.54, 1.807) is 11.3 Å². The average Bonchev–Trinajstić information content (AvgIpc) is 2.78. The molecule has 3 aromatic rings. The van der Waals surface area contributed by atoms with Gasteiger partial charge in [0.2, 0.25) is 0 Å². The summed E-state index contributed by atoms with van der Waals surface area (Å²) in [4.78, 5) is 1.34. The van der Waals surface area contributed by atoms with Gasteiger partial charge in [-0.15, -0.1) is 11.3 Å². The molecule has 0 unspecified atom stereocenters. The third-order valence-electron chi connectivity index (χ3n) is 3.37. The Morgan fingerprint density at radius 1 is 1.00 bits per heavy atom. The number of rotatable bonds is 1. The number of thiophene rings is 1. The third-order valence-corrected chi connectivity index (χ3v) is 4.41. The molecule has 1 heterocycles. The number of fused-ring (bicyclic) bond motifs is 1. The van der Waals surface area contributed by atoms with Gasteiger partial charge in [-0.25, -0.2) is 0 Å². The molecule has 0 radical (unpaired) electrons. The molecule has 0 aliphatic rings. The lowest BCUT2D eigenvalue weighted by atomic mass is 10.0. The van der Waals surface area contributed by atoms with Gasteiger partial charge < -0.3 is 5.73 Å². The van der Waals surface area contributed by atoms with Crippen molar-refractivity contribution in [2.45, 2.75) is 13.8 Å². The Balaban J connectivity index is 2.29. The summed E-state index contributed by atoms with van der Waals surface area (Å²) in [6.45, 7) is 4.19. The van der Waals surface area contributed by atoms with Crippen molar-refractivity contribution < 1.29 is 0 Å². The van der Waals surface area contributed by atoms with Crippen molar-refractivity contribution in [3.8, 4) is 10.4 Å². The molecule has 0 fully saturated rings. The van der Waals surface area contributed by atoms with Crippen molar-refractivity contribution in [2.75, 3.05) is 5.73 Å². The first-order valence-electron chi connectivity index (χ1n) is 6.00. The van der Waals surface area contributed by atoms with E-state index in [2.05, 4.69) is 55.6 Å². The lowest BCUT2D eigenvalue weighted by molar-refractivity contribution is 1.41. The number of hydrogen-bond donors (Lipinski definition) is 1. The minimum Gasteiger partial charge on any atom is -0.399 e. The molecular weight excluding hydrogens is 238 g/mol. The fraction of sp³-hybridized carbons (Fsp3) is 0.125. The standard InChI is InChI=1S/C16H15NS/c1-10-8-15(17)11(2)7-14(10)16-13-6-4-3-5-12(13)9-18-16/h3-9H,17H2,1-2H3. The van der Waals surface area contributed by atoms with Gasteiger partial charge in [0.15, 0.2) is 0 Å². The molecule has 0 saturated carbocycles. The lowest BCUT2D eigenvalue weighted by Crippen LogP contribution is -1.92. The van der Waals surface area contributed by atoms with Crippen LogP contribution in [0.4, 0.5) is 5.69 Å². The van der Waals surface area contributed by atoms with Crippen LogP contribution >= 0.6 is 11.3 Å². The Labute approximate surface area is 111 Å². The zero-order valence-corrected chi connectivity index (χ0v) is 11.3. The van der Waals surface area contributed by atoms with Crippen molar-refractivity contribution in [3.63, 3.8) is 0 Å². The molecule has 1 aromatic heterocycles. The van der Waals surface area contributed by atoms with Crippen molar-refractivity contribution in [1.82, 2.24) is 0 Å². The van der Waals surface area contributed by atoms with E-state index in [1.807, 2.05) is 0 Å². The molecule has 2 N–H and O–H groups in total. The lowest BCUT2D eigenvalue weighted by Gasteiger charge is -2.08. The maximum Gasteiger partial charge on any atom is 0.0424 e. The van der Waals surface area contributed by atoms with Crippen LogP contribution < -0.4 is 5.73 Å². The highest BCUT2D eigenvalue weighted by molar-refractivity contribution is 7.15. The Kier molecular flexibility index (Phi) is 2.60. The van der Waals surface area contributed by atoms with Crippen molar-refractivity contribution in [1.29, 1.82) is 0 Å². The Morgan fingerprint density at radius 2 is 1.78 bits per heavy atom. The average molecular weight is 253 g/mol. The zero-order valence-electron chi connectivity index (χ0n) is 10.5. The second-order valence-corrected chi connectivity index (χ2v) is 5.56. The van der Waals surface area contributed by atoms with Crippen molar-refractivity contribution in [3.05, 3.63) is 52.9 Å². The van der Waals surface area contributed by atoms with Gasteiger partial charge in [0.05, 0.1) is 0 Å². The number of benzene rings is 2. The first-order chi connectivity index (χ1) is 8.66. The number of nitrogens with two attached hydrogens (primary N) is 1. The summed E-state index contributed by atoms with van der Waals surface area (Å²) >= 11 is 1.80. The molecule has 18 heavy (non-hydrogen) atoms. The molecule has 2 aromatic carbocycles. The summed E-state index contributed by atoms with van der Waals surface area (Å²) in [5.41, 5.74) is 10.5. The summed E-state index contributed by atoms with van der Waals surface area (Å²) in [5.74, 6) is 0. The smallest absolute Gasteiger partial charge is 0.0424 e. The molecule has 0 saturated heterocycles. The SMILES string of the molecule is Cc1cc(-c2scc3ccccc23)c(C)cc1N. The van der Waals surface area contributed by atoms with Crippen LogP contribution in [-0.2, 0) is 0 Å². The predicted molar refractivity (Wildman–Crippen MR) is 81.1 cm³/mol. The second kappa shape index (κ2) is 4.14. The largest absolute Gasteiger partial charge is 0.399 e. The van der Waals surface area contributed by atoms with E-state index in [0.717, 1.165) is 11.3 Å². The van der Waals surface area contributed by atoms with Gasteiger partial charge in [0.25, 0.3) is 0 Å². The maximum absolute atomic E-state index is 5.96. The molecule has 0 aliphatic heterocycles. The van der Waals surface area contributed by atoms with Crippen LogP contribution in [0.15, 0.2) is 41.8 Å². The topological polar surface area (TPSA) is 26.0 Å². The number of hydrogen-bond acceptors (Lipinski definition) is 2. The van der Waals surface area contributed by atoms with Crippen LogP contribution in [0.3, 0.4) is 0 Å². The molecule has 0 amide bonds. The Morgan fingerprint density at radius 3 is 2.61 bits per heavy atom. The fourth-order valence-electron chi connectivity index (χ4n) is 2.28. The van der Waals surface area contributed by atoms with Crippen LogP contribution in [0.5, 0.6) is 0 Å². The monoisotopic (exact) mass is 253 g/mol. The highest BCUT2D eigenvalue weighted by atomic mass is 32.1. The summed E-state index contributed by atoms with van der Waals surface area (Å²) in [5, 5.41) is 4.86. The Bertz CT molecular complexity index is 725. The van der Waals surface area contributed by atoms with Crippen LogP contribution in [-0.4, -0.2) is 0 Å². The molecular formula is C16H15NS. The summed E-state index contributed by atoms with van der Waals surface area (Å²) < 4.78 is 0. The van der Waals surface area contributed by atoms with Crippen molar-refractivity contribution >= 4 is 27.8 Å². The van der Waals surface area contributed by atoms with Gasteiger partial charge in [-0.05, 0) is 53.4 Å². The van der Waals surface area contributed by atoms with Crippen LogP contribution in [0.25, 0.3) is 21.2 Å². The second-order valence-electron chi connectivity index (χ2n) is 4.68. The highest BCUT2D eigenvalue weighted by Crippen LogP contribution is 2.37. The molecule has 1 nitrogen and oxygen atoms in total. The molecule has 0 bridgehead atoms. The van der Waals surface area contributed by atoms with Gasteiger partial charge in [-0.1, -0.05) is 24.3 Å². The van der Waals surface area contributed by atoms with Crippen LogP contribution in [0.2, 0.25) is 0 Å². The summed E-state index contributed by atoms with van der Waals surface area (Å²) in [7, 11) is 0. The van der Waals surface area contributed by atoms with E-state index in [1.165, 1.54) is 26.8 Å². The van der Waals surface area contributed by atoms with E-state index in [0.29, 0.717) is 0 Å². The van der Waals surface area contributed by atoms with Crippen LogP contribution in [0.1, 0.15) is 11.1 Å². The van der Waals surface area contributed by atoms with E-state index in [4.69, 9.17) is 5.73 Å². The third kappa shape index (κ3) is 1.70. The first kappa shape index (κ1) is 11.3. The van der Waals surface area contributed by atoms with E-state index in [9.17, 15) is 0 Å². The predicted octanol–water partition coefficient (Wildman–Crippen LogP) is 4.77. The van der Waals surface area contributed by atoms with Gasteiger partial charge in [0.1, 0.15) is 0 Å². The zero-order chi connectivity index (χ0) is 12.7. The normalized spacial score (nSPS) is 11.0. The minimum absolute atomic E-state index is 0.872. The van der Waals surface area contributed by atoms with Crippen LogP contribution in [0, 0.1) is 13.8 Å². The van der Waals surface area contributed by atoms with Gasteiger partial charge >= 0.3 is 0 Å². The molecule has 90 valence electrons. The molecule has 2 heteroatoms. The molecule has 0 aliphatic carbocycles. The number of aryl methyl sites for hydroxylation is 2. The van der Waals surface area contributed by atoms with Gasteiger partial charge in [-0.3, -0.25) is 0 Å². The summed E-state index contributed by atoms with van der Waals surface area (Å²) in [6, 6.07) is 12.8. The van der Waals surface area contributed by atoms with Gasteiger partial charge in [0, 0.05) is 16.0 Å². The number of nitrogen functional groups attached to an aromatic ring is 1. The number of anilines is 1. The van der Waals surface area contributed by atoms with Crippen molar-refractivity contribution in [2.24, 2.45) is 0 Å². The molecule has 3 rings (SSSR count). The maximum atomic E-state index is 5.96. The fourth-order valence-corrected chi connectivity index (χ4v) is 3.39. The summed E-state index contributed by atoms with van der Waals surface area (Å²) in [6.07, 6.45) is 0. The van der Waals surface area contributed by atoms with Gasteiger partial charge in [-0.2, -0.15) is 0 Å². The molecule has 0 spiro atoms. The Hall–Kier alpha value is -1.80. The molecule has 0 atom stereocenters. The highest BCUT2D eigenvalue weighted by Gasteiger charge is 2.10. The first-order valence-corrected chi connectivity index (χ1v) is 6.88. The van der Waals surface area contributed by atoms with E-state index in [-0.39, 0.29) is 0 Å². The minimum atomic E-state index is 0.872. The van der Waals surface area contributed by atoms with E-state index < -0.39 is 0 Å².